The van der Waals surface area contributed by atoms with Crippen LogP contribution in [-0.2, 0) is 4.74 Å². The molecule has 0 fully saturated rings. The van der Waals surface area contributed by atoms with E-state index in [0.29, 0.717) is 36.8 Å². The van der Waals surface area contributed by atoms with Crippen molar-refractivity contribution in [1.82, 2.24) is 15.0 Å². The molecule has 24 heavy (non-hydrogen) atoms. The van der Waals surface area contributed by atoms with Crippen LogP contribution in [0.2, 0.25) is 0 Å². The van der Waals surface area contributed by atoms with Gasteiger partial charge < -0.3 is 14.1 Å². The first kappa shape index (κ1) is 16.1. The van der Waals surface area contributed by atoms with Crippen molar-refractivity contribution in [3.05, 3.63) is 54.2 Å². The van der Waals surface area contributed by atoms with Crippen LogP contribution in [0.3, 0.4) is 0 Å². The number of hydrogen-bond donors (Lipinski definition) is 0. The van der Waals surface area contributed by atoms with Gasteiger partial charge >= 0.3 is 0 Å². The third kappa shape index (κ3) is 3.78. The molecule has 6 heteroatoms. The molecule has 0 aliphatic carbocycles. The number of anilines is 1. The number of nitrogens with zero attached hydrogens (tertiary/aromatic N) is 4. The van der Waals surface area contributed by atoms with E-state index in [2.05, 4.69) is 44.1 Å². The van der Waals surface area contributed by atoms with E-state index < -0.39 is 0 Å². The van der Waals surface area contributed by atoms with Crippen LogP contribution in [0.4, 0.5) is 5.82 Å². The van der Waals surface area contributed by atoms with Crippen molar-refractivity contribution < 1.29 is 9.15 Å². The molecule has 0 bridgehead atoms. The number of oxazole rings is 1. The summed E-state index contributed by atoms with van der Waals surface area (Å²) in [6, 6.07) is 10.2. The van der Waals surface area contributed by atoms with Gasteiger partial charge in [-0.05, 0) is 5.56 Å². The van der Waals surface area contributed by atoms with Crippen molar-refractivity contribution in [2.45, 2.75) is 6.92 Å². The fourth-order valence-electron chi connectivity index (χ4n) is 2.44. The fourth-order valence-corrected chi connectivity index (χ4v) is 2.44. The smallest absolute Gasteiger partial charge is 0.252 e. The van der Waals surface area contributed by atoms with Gasteiger partial charge in [0.25, 0.3) is 5.71 Å². The Morgan fingerprint density at radius 1 is 1.21 bits per heavy atom. The molecule has 124 valence electrons. The molecule has 6 nitrogen and oxygen atoms in total. The lowest BCUT2D eigenvalue weighted by Gasteiger charge is -2.21. The number of aryl methyl sites for hydroxylation is 1. The van der Waals surface area contributed by atoms with Crippen LogP contribution < -0.4 is 4.90 Å². The summed E-state index contributed by atoms with van der Waals surface area (Å²) in [6.07, 6.45) is 5.70. The van der Waals surface area contributed by atoms with E-state index in [-0.39, 0.29) is 0 Å². The zero-order valence-electron chi connectivity index (χ0n) is 13.8. The zero-order valence-corrected chi connectivity index (χ0v) is 13.8. The quantitative estimate of drug-likeness (QED) is 0.665. The molecular weight excluding hydrogens is 304 g/mol. The van der Waals surface area contributed by atoms with Gasteiger partial charge in [0, 0.05) is 27.1 Å². The molecule has 0 amide bonds. The number of hydrogen-bond acceptors (Lipinski definition) is 6. The van der Waals surface area contributed by atoms with Crippen LogP contribution in [0.25, 0.3) is 17.3 Å². The van der Waals surface area contributed by atoms with Crippen LogP contribution >= 0.6 is 0 Å². The molecule has 0 saturated heterocycles. The second kappa shape index (κ2) is 7.70. The summed E-state index contributed by atoms with van der Waals surface area (Å²) in [5, 5.41) is 0. The van der Waals surface area contributed by atoms with Crippen molar-refractivity contribution >= 4 is 23.1 Å². The Kier molecular flexibility index (Phi) is 5.18. The topological polar surface area (TPSA) is 64.3 Å². The second-order valence-corrected chi connectivity index (χ2v) is 5.34. The van der Waals surface area contributed by atoms with Gasteiger partial charge in [0.15, 0.2) is 17.2 Å². The monoisotopic (exact) mass is 324 g/mol. The van der Waals surface area contributed by atoms with Gasteiger partial charge in [-0.15, -0.1) is 0 Å². The summed E-state index contributed by atoms with van der Waals surface area (Å²) < 4.78 is 10.7. The average molecular weight is 324 g/mol. The highest BCUT2D eigenvalue weighted by molar-refractivity contribution is 5.81. The number of ether oxygens (including phenoxy) is 1. The molecule has 0 N–H and O–H groups in total. The Balaban J connectivity index is 1.84. The molecule has 0 atom stereocenters. The fraction of sp³-hybridized carbons (Fsp3) is 0.278. The summed E-state index contributed by atoms with van der Waals surface area (Å²) in [5.41, 5.74) is 2.35. The molecule has 0 aliphatic heterocycles. The molecule has 2 heterocycles. The van der Waals surface area contributed by atoms with Gasteiger partial charge in [0.1, 0.15) is 6.33 Å². The number of methoxy groups -OCH3 is 1. The van der Waals surface area contributed by atoms with E-state index in [1.807, 2.05) is 18.2 Å². The predicted molar refractivity (Wildman–Crippen MR) is 93.9 cm³/mol. The number of benzene rings is 1. The van der Waals surface area contributed by atoms with Crippen molar-refractivity contribution in [2.75, 3.05) is 31.7 Å². The van der Waals surface area contributed by atoms with E-state index in [4.69, 9.17) is 9.15 Å². The van der Waals surface area contributed by atoms with Crippen molar-refractivity contribution in [1.29, 1.82) is 0 Å². The lowest BCUT2D eigenvalue weighted by molar-refractivity contribution is 0.205. The lowest BCUT2D eigenvalue weighted by Crippen LogP contribution is -2.28. The molecule has 0 unspecified atom stereocenters. The minimum atomic E-state index is 0.506. The number of fused-ring (bicyclic) bond motifs is 1. The van der Waals surface area contributed by atoms with Crippen LogP contribution in [0.1, 0.15) is 11.5 Å². The molecule has 0 saturated carbocycles. The summed E-state index contributed by atoms with van der Waals surface area (Å²) in [6.45, 7) is 3.80. The molecule has 0 radical (unpaired) electrons. The van der Waals surface area contributed by atoms with Crippen LogP contribution in [0, 0.1) is 6.92 Å². The largest absolute Gasteiger partial charge is 0.422 e. The number of aromatic nitrogens is 3. The molecule has 0 aliphatic rings. The SMILES string of the molecule is COCCN(C/C=C/c1ccccc1)c1ncnc2oc(C)nc12. The van der Waals surface area contributed by atoms with E-state index in [0.717, 1.165) is 11.4 Å². The maximum atomic E-state index is 5.50. The summed E-state index contributed by atoms with van der Waals surface area (Å²) in [7, 11) is 1.69. The first-order valence-electron chi connectivity index (χ1n) is 7.81. The van der Waals surface area contributed by atoms with E-state index in [9.17, 15) is 0 Å². The highest BCUT2D eigenvalue weighted by atomic mass is 16.5. The third-order valence-electron chi connectivity index (χ3n) is 3.58. The van der Waals surface area contributed by atoms with Crippen LogP contribution in [-0.4, -0.2) is 41.8 Å². The summed E-state index contributed by atoms with van der Waals surface area (Å²) in [5.74, 6) is 1.34. The Bertz CT molecular complexity index is 814. The zero-order chi connectivity index (χ0) is 16.8. The summed E-state index contributed by atoms with van der Waals surface area (Å²) in [4.78, 5) is 15.1. The molecule has 1 aromatic carbocycles. The van der Waals surface area contributed by atoms with Crippen LogP contribution in [0.5, 0.6) is 0 Å². The van der Waals surface area contributed by atoms with Gasteiger partial charge in [-0.2, -0.15) is 4.98 Å². The van der Waals surface area contributed by atoms with Gasteiger partial charge in [-0.25, -0.2) is 9.97 Å². The average Bonchev–Trinajstić information content (AvgIpc) is 2.99. The molecule has 2 aromatic heterocycles. The lowest BCUT2D eigenvalue weighted by atomic mass is 10.2. The Labute approximate surface area is 140 Å². The Morgan fingerprint density at radius 2 is 2.04 bits per heavy atom. The maximum Gasteiger partial charge on any atom is 0.252 e. The van der Waals surface area contributed by atoms with Crippen molar-refractivity contribution in [3.63, 3.8) is 0 Å². The number of rotatable bonds is 7. The first-order chi connectivity index (χ1) is 11.8. The van der Waals surface area contributed by atoms with Gasteiger partial charge in [0.2, 0.25) is 0 Å². The maximum absolute atomic E-state index is 5.50. The van der Waals surface area contributed by atoms with E-state index in [1.165, 1.54) is 6.33 Å². The Morgan fingerprint density at radius 3 is 2.83 bits per heavy atom. The van der Waals surface area contributed by atoms with Crippen molar-refractivity contribution in [3.8, 4) is 0 Å². The Hall–Kier alpha value is -2.73. The molecule has 0 spiro atoms. The molecular formula is C18H20N4O2. The van der Waals surface area contributed by atoms with Gasteiger partial charge in [-0.3, -0.25) is 0 Å². The van der Waals surface area contributed by atoms with Gasteiger partial charge in [-0.1, -0.05) is 42.5 Å². The first-order valence-corrected chi connectivity index (χ1v) is 7.81. The van der Waals surface area contributed by atoms with Crippen molar-refractivity contribution in [2.24, 2.45) is 0 Å². The predicted octanol–water partition coefficient (Wildman–Crippen LogP) is 3.09. The molecule has 3 rings (SSSR count). The highest BCUT2D eigenvalue weighted by Crippen LogP contribution is 2.22. The normalized spacial score (nSPS) is 11.4. The second-order valence-electron chi connectivity index (χ2n) is 5.34. The van der Waals surface area contributed by atoms with E-state index >= 15 is 0 Å². The highest BCUT2D eigenvalue weighted by Gasteiger charge is 2.15. The minimum absolute atomic E-state index is 0.506. The van der Waals surface area contributed by atoms with E-state index in [1.54, 1.807) is 14.0 Å². The summed E-state index contributed by atoms with van der Waals surface area (Å²) >= 11 is 0. The third-order valence-corrected chi connectivity index (χ3v) is 3.58. The minimum Gasteiger partial charge on any atom is -0.422 e. The molecule has 3 aromatic rings. The standard InChI is InChI=1S/C18H20N4O2/c1-14-21-16-17(19-13-20-18(16)24-14)22(11-12-23-2)10-6-9-15-7-4-3-5-8-15/h3-9,13H,10-12H2,1-2H3/b9-6+. The van der Waals surface area contributed by atoms with Gasteiger partial charge in [0.05, 0.1) is 6.61 Å². The van der Waals surface area contributed by atoms with Crippen LogP contribution in [0.15, 0.2) is 47.2 Å².